The van der Waals surface area contributed by atoms with Gasteiger partial charge in [-0.3, -0.25) is 4.79 Å². The van der Waals surface area contributed by atoms with Gasteiger partial charge in [0.05, 0.1) is 12.0 Å². The van der Waals surface area contributed by atoms with Crippen molar-refractivity contribution in [2.45, 2.75) is 25.4 Å². The van der Waals surface area contributed by atoms with Crippen LogP contribution in [0.25, 0.3) is 10.2 Å². The molecule has 29 heavy (non-hydrogen) atoms. The van der Waals surface area contributed by atoms with Crippen LogP contribution in [-0.2, 0) is 17.5 Å². The van der Waals surface area contributed by atoms with Crippen LogP contribution in [0, 0.1) is 6.92 Å². The molecule has 0 saturated heterocycles. The Morgan fingerprint density at radius 2 is 1.93 bits per heavy atom. The number of halogens is 3. The van der Waals surface area contributed by atoms with E-state index in [1.807, 2.05) is 28.3 Å². The van der Waals surface area contributed by atoms with Crippen LogP contribution in [0.5, 0.6) is 5.75 Å². The third-order valence-corrected chi connectivity index (χ3v) is 6.41. The molecule has 1 unspecified atom stereocenters. The first-order valence-corrected chi connectivity index (χ1v) is 10.7. The van der Waals surface area contributed by atoms with Crippen LogP contribution in [0.3, 0.4) is 0 Å². The number of carbonyl (C=O) groups is 1. The molecular formula is C19H19F3N2O3S2. The van der Waals surface area contributed by atoms with Crippen LogP contribution >= 0.6 is 11.3 Å². The third-order valence-electron chi connectivity index (χ3n) is 4.35. The highest BCUT2D eigenvalue weighted by atomic mass is 32.2. The summed E-state index contributed by atoms with van der Waals surface area (Å²) >= 11 is 1.35. The lowest BCUT2D eigenvalue weighted by molar-refractivity contribution is -0.0394. The maximum absolute atomic E-state index is 12.7. The van der Waals surface area contributed by atoms with Crippen molar-refractivity contribution in [1.82, 2.24) is 9.29 Å². The van der Waals surface area contributed by atoms with Crippen molar-refractivity contribution in [3.05, 3.63) is 52.5 Å². The Morgan fingerprint density at radius 1 is 1.24 bits per heavy atom. The van der Waals surface area contributed by atoms with Gasteiger partial charge in [-0.1, -0.05) is 0 Å². The molecule has 5 nitrogen and oxygen atoms in total. The van der Waals surface area contributed by atoms with E-state index < -0.39 is 16.5 Å². The van der Waals surface area contributed by atoms with E-state index in [-0.39, 0.29) is 12.3 Å². The van der Waals surface area contributed by atoms with E-state index in [2.05, 4.69) is 0 Å². The minimum atomic E-state index is -4.76. The van der Waals surface area contributed by atoms with Crippen LogP contribution in [0.2, 0.25) is 0 Å². The molecule has 1 atom stereocenters. The number of aromatic nitrogens is 1. The fourth-order valence-electron chi connectivity index (χ4n) is 2.93. The molecular weight excluding hydrogens is 425 g/mol. The Hall–Kier alpha value is -2.17. The first kappa shape index (κ1) is 21.5. The summed E-state index contributed by atoms with van der Waals surface area (Å²) in [7, 11) is -1.50. The largest absolute Gasteiger partial charge is 0.497 e. The summed E-state index contributed by atoms with van der Waals surface area (Å²) in [6.45, 7) is 2.32. The number of ketones is 1. The number of alkyl halides is 3. The number of hydrogen-bond acceptors (Lipinski definition) is 4. The predicted octanol–water partition coefficient (Wildman–Crippen LogP) is 4.41. The van der Waals surface area contributed by atoms with Gasteiger partial charge >= 0.3 is 5.51 Å². The molecule has 0 aliphatic heterocycles. The number of nitrogens with zero attached hydrogens (tertiary/aromatic N) is 1. The van der Waals surface area contributed by atoms with Crippen molar-refractivity contribution in [3.63, 3.8) is 0 Å². The Kier molecular flexibility index (Phi) is 6.45. The number of carbonyl (C=O) groups excluding carboxylic acids is 1. The molecule has 2 aromatic heterocycles. The van der Waals surface area contributed by atoms with Crippen molar-refractivity contribution in [2.24, 2.45) is 0 Å². The minimum Gasteiger partial charge on any atom is -0.497 e. The van der Waals surface area contributed by atoms with Crippen molar-refractivity contribution in [1.29, 1.82) is 0 Å². The third kappa shape index (κ3) is 4.88. The second-order valence-electron chi connectivity index (χ2n) is 6.33. The summed E-state index contributed by atoms with van der Waals surface area (Å²) in [6.07, 6.45) is 0.367. The van der Waals surface area contributed by atoms with Crippen LogP contribution < -0.4 is 9.46 Å². The molecule has 1 N–H and O–H groups in total. The molecule has 3 aromatic rings. The number of thiophene rings is 1. The monoisotopic (exact) mass is 444 g/mol. The Morgan fingerprint density at radius 3 is 2.55 bits per heavy atom. The lowest BCUT2D eigenvalue weighted by Crippen LogP contribution is -2.31. The molecule has 0 aliphatic rings. The second-order valence-corrected chi connectivity index (χ2v) is 8.65. The molecule has 0 amide bonds. The SMILES string of the molecule is COc1ccc(C(=O)c2cc3cc(C)n(CCCNS(=O)C(F)(F)F)c3s2)cc1. The summed E-state index contributed by atoms with van der Waals surface area (Å²) in [4.78, 5) is 14.2. The van der Waals surface area contributed by atoms with E-state index in [1.165, 1.54) is 11.3 Å². The van der Waals surface area contributed by atoms with Crippen LogP contribution in [0.1, 0.15) is 27.3 Å². The summed E-state index contributed by atoms with van der Waals surface area (Å²) < 4.78 is 56.9. The van der Waals surface area contributed by atoms with E-state index in [9.17, 15) is 22.2 Å². The van der Waals surface area contributed by atoms with E-state index in [4.69, 9.17) is 4.74 Å². The molecule has 0 saturated carbocycles. The van der Waals surface area contributed by atoms with E-state index in [0.717, 1.165) is 15.9 Å². The van der Waals surface area contributed by atoms with E-state index in [1.54, 1.807) is 31.4 Å². The number of rotatable bonds is 8. The Bertz CT molecular complexity index is 1040. The fourth-order valence-corrected chi connectivity index (χ4v) is 4.61. The van der Waals surface area contributed by atoms with Gasteiger partial charge in [-0.05, 0) is 49.7 Å². The van der Waals surface area contributed by atoms with Crippen molar-refractivity contribution < 1.29 is 26.9 Å². The van der Waals surface area contributed by atoms with Gasteiger partial charge in [-0.15, -0.1) is 11.3 Å². The van der Waals surface area contributed by atoms with Crippen LogP contribution in [-0.4, -0.2) is 33.7 Å². The van der Waals surface area contributed by atoms with Gasteiger partial charge < -0.3 is 9.30 Å². The number of hydrogen-bond donors (Lipinski definition) is 1. The number of benzene rings is 1. The summed E-state index contributed by atoms with van der Waals surface area (Å²) in [5.74, 6) is 0.570. The van der Waals surface area contributed by atoms with Gasteiger partial charge in [0.1, 0.15) is 10.6 Å². The summed E-state index contributed by atoms with van der Waals surface area (Å²) in [5.41, 5.74) is -3.26. The number of nitrogens with one attached hydrogen (secondary N) is 1. The maximum Gasteiger partial charge on any atom is 0.485 e. The molecule has 0 bridgehead atoms. The van der Waals surface area contributed by atoms with E-state index in [0.29, 0.717) is 29.2 Å². The highest BCUT2D eigenvalue weighted by Crippen LogP contribution is 2.31. The fraction of sp³-hybridized carbons (Fsp3) is 0.316. The van der Waals surface area contributed by atoms with Gasteiger partial charge in [0.2, 0.25) is 5.78 Å². The Labute approximate surface area is 172 Å². The first-order chi connectivity index (χ1) is 13.7. The number of ether oxygens (including phenoxy) is 1. The zero-order valence-corrected chi connectivity index (χ0v) is 17.3. The van der Waals surface area contributed by atoms with Gasteiger partial charge in [-0.25, -0.2) is 8.93 Å². The second kappa shape index (κ2) is 8.68. The summed E-state index contributed by atoms with van der Waals surface area (Å²) in [6, 6.07) is 10.6. The highest BCUT2D eigenvalue weighted by molar-refractivity contribution is 7.83. The molecule has 10 heteroatoms. The van der Waals surface area contributed by atoms with Crippen LogP contribution in [0.15, 0.2) is 36.4 Å². The minimum absolute atomic E-state index is 0.0335. The lowest BCUT2D eigenvalue weighted by Gasteiger charge is -2.09. The average Bonchev–Trinajstić information content (AvgIpc) is 3.21. The molecule has 3 rings (SSSR count). The average molecular weight is 444 g/mol. The molecule has 0 fully saturated rings. The first-order valence-electron chi connectivity index (χ1n) is 8.71. The van der Waals surface area contributed by atoms with Gasteiger partial charge in [-0.2, -0.15) is 13.2 Å². The highest BCUT2D eigenvalue weighted by Gasteiger charge is 2.36. The zero-order valence-electron chi connectivity index (χ0n) is 15.7. The van der Waals surface area contributed by atoms with Gasteiger partial charge in [0.15, 0.2) is 11.0 Å². The standard InChI is InChI=1S/C19H19F3N2O3S2/c1-12-10-14-11-16(17(25)13-4-6-15(27-2)7-5-13)28-18(14)24(12)9-3-8-23-29(26)19(20,21)22/h4-7,10-11,23H,3,8-9H2,1-2H3. The Balaban J connectivity index is 1.71. The zero-order chi connectivity index (χ0) is 21.2. The van der Waals surface area contributed by atoms with Crippen LogP contribution in [0.4, 0.5) is 13.2 Å². The van der Waals surface area contributed by atoms with E-state index >= 15 is 0 Å². The maximum atomic E-state index is 12.7. The smallest absolute Gasteiger partial charge is 0.485 e. The number of methoxy groups -OCH3 is 1. The topological polar surface area (TPSA) is 60.3 Å². The number of aryl methyl sites for hydroxylation is 2. The molecule has 0 spiro atoms. The van der Waals surface area contributed by atoms with Crippen molar-refractivity contribution in [2.75, 3.05) is 13.7 Å². The summed E-state index contributed by atoms with van der Waals surface area (Å²) in [5, 5.41) is 0.913. The van der Waals surface area contributed by atoms with Crippen molar-refractivity contribution >= 4 is 38.3 Å². The number of fused-ring (bicyclic) bond motifs is 1. The normalized spacial score (nSPS) is 13.0. The molecule has 0 aliphatic carbocycles. The molecule has 156 valence electrons. The quantitative estimate of drug-likeness (QED) is 0.414. The van der Waals surface area contributed by atoms with Gasteiger partial charge in [0, 0.05) is 29.7 Å². The van der Waals surface area contributed by atoms with Gasteiger partial charge in [0.25, 0.3) is 0 Å². The predicted molar refractivity (Wildman–Crippen MR) is 108 cm³/mol. The molecule has 1 aromatic carbocycles. The lowest BCUT2D eigenvalue weighted by atomic mass is 10.1. The molecule has 2 heterocycles. The van der Waals surface area contributed by atoms with Crippen molar-refractivity contribution in [3.8, 4) is 5.75 Å². The molecule has 0 radical (unpaired) electrons.